The van der Waals surface area contributed by atoms with Crippen LogP contribution in [-0.4, -0.2) is 34.3 Å². The molecule has 0 fully saturated rings. The summed E-state index contributed by atoms with van der Waals surface area (Å²) in [5.41, 5.74) is 0.639. The largest absolute Gasteiger partial charge is 0.383 e. The third kappa shape index (κ3) is 2.61. The van der Waals surface area contributed by atoms with Crippen LogP contribution in [0.4, 0.5) is 4.39 Å². The highest BCUT2D eigenvalue weighted by Gasteiger charge is 2.16. The number of benzene rings is 1. The van der Waals surface area contributed by atoms with Gasteiger partial charge < -0.3 is 9.47 Å². The zero-order valence-electron chi connectivity index (χ0n) is 10.8. The summed E-state index contributed by atoms with van der Waals surface area (Å²) in [6.07, 6.45) is 3.01. The summed E-state index contributed by atoms with van der Waals surface area (Å²) in [5, 5.41) is 0.274. The maximum Gasteiger partial charge on any atom is 0.222 e. The third-order valence-electron chi connectivity index (χ3n) is 2.65. The maximum atomic E-state index is 13.7. The van der Waals surface area contributed by atoms with Crippen molar-refractivity contribution in [1.82, 2.24) is 14.5 Å². The molecule has 0 radical (unpaired) electrons. The molecule has 6 heteroatoms. The Morgan fingerprint density at radius 2 is 2.16 bits per heavy atom. The Balaban J connectivity index is 2.54. The van der Waals surface area contributed by atoms with Crippen molar-refractivity contribution in [1.29, 1.82) is 0 Å². The van der Waals surface area contributed by atoms with Gasteiger partial charge in [-0.15, -0.1) is 0 Å². The maximum absolute atomic E-state index is 13.7. The van der Waals surface area contributed by atoms with Gasteiger partial charge in [-0.05, 0) is 12.1 Å². The number of imidazole rings is 1. The molecule has 0 amide bonds. The van der Waals surface area contributed by atoms with E-state index in [9.17, 15) is 9.18 Å². The molecule has 0 aliphatic rings. The summed E-state index contributed by atoms with van der Waals surface area (Å²) < 4.78 is 15.3. The predicted octanol–water partition coefficient (Wildman–Crippen LogP) is 2.62. The van der Waals surface area contributed by atoms with Crippen molar-refractivity contribution >= 4 is 28.4 Å². The molecule has 1 aromatic heterocycles. The van der Waals surface area contributed by atoms with Crippen molar-refractivity contribution < 1.29 is 9.18 Å². The molecule has 1 heterocycles. The number of carbonyl (C=O) groups excluding carboxylic acids is 1. The first-order valence-electron chi connectivity index (χ1n) is 5.60. The molecule has 1 aromatic carbocycles. The van der Waals surface area contributed by atoms with E-state index in [0.29, 0.717) is 5.52 Å². The van der Waals surface area contributed by atoms with E-state index in [0.717, 1.165) is 0 Å². The van der Waals surface area contributed by atoms with E-state index in [-0.39, 0.29) is 22.1 Å². The summed E-state index contributed by atoms with van der Waals surface area (Å²) >= 11 is 5.80. The van der Waals surface area contributed by atoms with Crippen LogP contribution >= 0.6 is 11.6 Å². The molecule has 0 saturated heterocycles. The summed E-state index contributed by atoms with van der Waals surface area (Å²) in [7, 11) is 5.26. The number of halogens is 2. The highest BCUT2D eigenvalue weighted by Crippen LogP contribution is 2.23. The molecular weight excluding hydrogens is 269 g/mol. The zero-order valence-corrected chi connectivity index (χ0v) is 11.6. The number of carbonyl (C=O) groups is 1. The first-order chi connectivity index (χ1) is 8.90. The molecule has 19 heavy (non-hydrogen) atoms. The third-order valence-corrected chi connectivity index (χ3v) is 2.87. The average molecular weight is 282 g/mol. The number of nitrogens with zero attached hydrogens (tertiary/aromatic N) is 3. The van der Waals surface area contributed by atoms with Gasteiger partial charge in [0.2, 0.25) is 5.78 Å². The van der Waals surface area contributed by atoms with Gasteiger partial charge in [-0.1, -0.05) is 11.6 Å². The monoisotopic (exact) mass is 281 g/mol. The minimum absolute atomic E-state index is 0.147. The van der Waals surface area contributed by atoms with Crippen molar-refractivity contribution in [3.05, 3.63) is 41.1 Å². The van der Waals surface area contributed by atoms with E-state index < -0.39 is 5.82 Å². The van der Waals surface area contributed by atoms with Gasteiger partial charge in [-0.3, -0.25) is 4.79 Å². The highest BCUT2D eigenvalue weighted by molar-refractivity contribution is 6.31. The number of rotatable bonds is 3. The number of allylic oxidation sites excluding steroid dienone is 1. The minimum Gasteiger partial charge on any atom is -0.383 e. The topological polar surface area (TPSA) is 38.1 Å². The van der Waals surface area contributed by atoms with Crippen LogP contribution in [0.3, 0.4) is 0 Å². The van der Waals surface area contributed by atoms with E-state index in [1.807, 2.05) is 0 Å². The number of fused-ring (bicyclic) bond motifs is 1. The van der Waals surface area contributed by atoms with Crippen molar-refractivity contribution in [3.63, 3.8) is 0 Å². The van der Waals surface area contributed by atoms with Gasteiger partial charge in [-0.2, -0.15) is 0 Å². The van der Waals surface area contributed by atoms with Crippen molar-refractivity contribution in [2.45, 2.75) is 0 Å². The molecular formula is C13H13ClFN3O. The summed E-state index contributed by atoms with van der Waals surface area (Å²) in [6, 6.07) is 2.76. The fourth-order valence-electron chi connectivity index (χ4n) is 1.73. The van der Waals surface area contributed by atoms with Gasteiger partial charge in [-0.25, -0.2) is 9.37 Å². The molecule has 4 nitrogen and oxygen atoms in total. The van der Waals surface area contributed by atoms with Crippen molar-refractivity contribution in [3.8, 4) is 0 Å². The molecule has 0 unspecified atom stereocenters. The number of hydrogen-bond acceptors (Lipinski definition) is 3. The Morgan fingerprint density at radius 3 is 2.79 bits per heavy atom. The zero-order chi connectivity index (χ0) is 14.2. The van der Waals surface area contributed by atoms with E-state index in [1.54, 1.807) is 38.3 Å². The molecule has 2 rings (SSSR count). The number of aromatic nitrogens is 2. The molecule has 0 bridgehead atoms. The molecule has 0 N–H and O–H groups in total. The molecule has 0 saturated carbocycles. The second-order valence-corrected chi connectivity index (χ2v) is 4.83. The van der Waals surface area contributed by atoms with Crippen LogP contribution in [0.1, 0.15) is 10.6 Å². The number of aryl methyl sites for hydroxylation is 1. The van der Waals surface area contributed by atoms with E-state index in [4.69, 9.17) is 11.6 Å². The number of ketones is 1. The molecule has 0 aliphatic carbocycles. The Morgan fingerprint density at radius 1 is 1.47 bits per heavy atom. The Labute approximate surface area is 115 Å². The molecule has 2 aromatic rings. The van der Waals surface area contributed by atoms with Crippen LogP contribution in [-0.2, 0) is 7.05 Å². The Bertz CT molecular complexity index is 676. The predicted molar refractivity (Wildman–Crippen MR) is 72.8 cm³/mol. The minimum atomic E-state index is -0.534. The molecule has 0 atom stereocenters. The van der Waals surface area contributed by atoms with Gasteiger partial charge >= 0.3 is 0 Å². The van der Waals surface area contributed by atoms with Crippen molar-refractivity contribution in [2.75, 3.05) is 14.1 Å². The molecule has 0 aliphatic heterocycles. The quantitative estimate of drug-likeness (QED) is 0.641. The van der Waals surface area contributed by atoms with Crippen LogP contribution in [0.25, 0.3) is 11.0 Å². The lowest BCUT2D eigenvalue weighted by atomic mass is 10.3. The second-order valence-electron chi connectivity index (χ2n) is 4.39. The van der Waals surface area contributed by atoms with Crippen LogP contribution in [0.5, 0.6) is 0 Å². The van der Waals surface area contributed by atoms with E-state index in [2.05, 4.69) is 4.98 Å². The molecule has 100 valence electrons. The lowest BCUT2D eigenvalue weighted by Crippen LogP contribution is -2.07. The standard InChI is InChI=1S/C13H13ClFN3O/c1-17(2)5-4-11(19)13-16-12-9(15)6-8(14)7-10(12)18(13)3/h4-7H,1-3H3/b5-4+. The highest BCUT2D eigenvalue weighted by atomic mass is 35.5. The fourth-order valence-corrected chi connectivity index (χ4v) is 1.92. The Kier molecular flexibility index (Phi) is 3.57. The van der Waals surface area contributed by atoms with Gasteiger partial charge in [0.05, 0.1) is 5.52 Å². The van der Waals surface area contributed by atoms with E-state index in [1.165, 1.54) is 16.7 Å². The average Bonchev–Trinajstić information content (AvgIpc) is 2.65. The van der Waals surface area contributed by atoms with Crippen molar-refractivity contribution in [2.24, 2.45) is 7.05 Å². The lowest BCUT2D eigenvalue weighted by molar-refractivity contribution is 0.103. The van der Waals surface area contributed by atoms with Gasteiger partial charge in [0.15, 0.2) is 11.6 Å². The summed E-state index contributed by atoms with van der Waals surface area (Å²) in [6.45, 7) is 0. The van der Waals surface area contributed by atoms with Crippen LogP contribution in [0.15, 0.2) is 24.4 Å². The smallest absolute Gasteiger partial charge is 0.222 e. The normalized spacial score (nSPS) is 11.4. The first kappa shape index (κ1) is 13.5. The van der Waals surface area contributed by atoms with Gasteiger partial charge in [0.25, 0.3) is 0 Å². The van der Waals surface area contributed by atoms with Crippen LogP contribution < -0.4 is 0 Å². The second kappa shape index (κ2) is 5.01. The SMILES string of the molecule is CN(C)/C=C/C(=O)c1nc2c(F)cc(Cl)cc2n1C. The fraction of sp³-hybridized carbons (Fsp3) is 0.231. The first-order valence-corrected chi connectivity index (χ1v) is 5.98. The van der Waals surface area contributed by atoms with Gasteiger partial charge in [0.1, 0.15) is 5.52 Å². The molecule has 0 spiro atoms. The van der Waals surface area contributed by atoms with Gasteiger partial charge in [0, 0.05) is 38.4 Å². The Hall–Kier alpha value is -1.88. The lowest BCUT2D eigenvalue weighted by Gasteiger charge is -2.03. The van der Waals surface area contributed by atoms with E-state index >= 15 is 0 Å². The summed E-state index contributed by atoms with van der Waals surface area (Å²) in [5.74, 6) is -0.647. The summed E-state index contributed by atoms with van der Waals surface area (Å²) in [4.78, 5) is 17.8. The number of hydrogen-bond donors (Lipinski definition) is 0. The van der Waals surface area contributed by atoms with Crippen LogP contribution in [0.2, 0.25) is 5.02 Å². The van der Waals surface area contributed by atoms with Crippen LogP contribution in [0, 0.1) is 5.82 Å².